The minimum atomic E-state index is 0.814. The number of fused-ring (bicyclic) bond motifs is 1. The number of ether oxygens (including phenoxy) is 1. The zero-order valence-corrected chi connectivity index (χ0v) is 9.20. The number of benzene rings is 1. The Morgan fingerprint density at radius 3 is 2.81 bits per heavy atom. The predicted octanol–water partition coefficient (Wildman–Crippen LogP) is 0.600. The van der Waals surface area contributed by atoms with Crippen molar-refractivity contribution in [3.05, 3.63) is 29.8 Å². The maximum atomic E-state index is 5.35. The fourth-order valence-corrected chi connectivity index (χ4v) is 2.12. The molecule has 2 heterocycles. The quantitative estimate of drug-likeness (QED) is 0.626. The van der Waals surface area contributed by atoms with Gasteiger partial charge in [0.2, 0.25) is 0 Å². The Labute approximate surface area is 94.9 Å². The average molecular weight is 218 g/mol. The summed E-state index contributed by atoms with van der Waals surface area (Å²) in [5.41, 5.74) is 2.53. The Balaban J connectivity index is 1.86. The first kappa shape index (κ1) is 9.66. The molecule has 1 aromatic carbocycles. The molecular weight excluding hydrogens is 202 g/mol. The van der Waals surface area contributed by atoms with E-state index >= 15 is 0 Å². The van der Waals surface area contributed by atoms with Crippen LogP contribution in [-0.4, -0.2) is 36.8 Å². The maximum absolute atomic E-state index is 5.35. The van der Waals surface area contributed by atoms with Gasteiger partial charge in [-0.15, -0.1) is 0 Å². The molecule has 16 heavy (non-hydrogen) atoms. The largest absolute Gasteiger partial charge is 0.375 e. The summed E-state index contributed by atoms with van der Waals surface area (Å²) in [7, 11) is 0. The molecule has 0 atom stereocenters. The van der Waals surface area contributed by atoms with Gasteiger partial charge in [-0.2, -0.15) is 0 Å². The van der Waals surface area contributed by atoms with Crippen LogP contribution in [0.15, 0.2) is 24.3 Å². The van der Waals surface area contributed by atoms with Gasteiger partial charge in [-0.25, -0.2) is 5.32 Å². The fraction of sp³-hybridized carbons (Fsp3) is 0.417. The number of nitrogens with zero attached hydrogens (tertiary/aromatic N) is 1. The second-order valence-electron chi connectivity index (χ2n) is 4.08. The summed E-state index contributed by atoms with van der Waals surface area (Å²) in [4.78, 5) is 0. The highest BCUT2D eigenvalue weighted by atomic mass is 16.5. The zero-order chi connectivity index (χ0) is 10.8. The average Bonchev–Trinajstić information content (AvgIpc) is 2.39. The van der Waals surface area contributed by atoms with E-state index in [2.05, 4.69) is 39.5 Å². The van der Waals surface area contributed by atoms with E-state index < -0.39 is 0 Å². The highest BCUT2D eigenvalue weighted by Crippen LogP contribution is 2.17. The van der Waals surface area contributed by atoms with Crippen LogP contribution in [0.2, 0.25) is 0 Å². The van der Waals surface area contributed by atoms with Crippen LogP contribution in [0.4, 0.5) is 5.69 Å². The van der Waals surface area contributed by atoms with Crippen LogP contribution in [0.3, 0.4) is 0 Å². The lowest BCUT2D eigenvalue weighted by atomic mass is 10.1. The van der Waals surface area contributed by atoms with Crippen LogP contribution in [-0.2, 0) is 11.3 Å². The molecule has 0 spiro atoms. The number of hydrogen-bond acceptors (Lipinski definition) is 1. The third-order valence-corrected chi connectivity index (χ3v) is 3.04. The van der Waals surface area contributed by atoms with Crippen LogP contribution < -0.4 is 10.6 Å². The summed E-state index contributed by atoms with van der Waals surface area (Å²) in [6.45, 7) is 4.44. The summed E-state index contributed by atoms with van der Waals surface area (Å²) in [5, 5.41) is 6.86. The summed E-state index contributed by atoms with van der Waals surface area (Å²) < 4.78 is 7.65. The third-order valence-electron chi connectivity index (χ3n) is 3.04. The lowest BCUT2D eigenvalue weighted by Crippen LogP contribution is -2.46. The van der Waals surface area contributed by atoms with Gasteiger partial charge in [-0.3, -0.25) is 9.89 Å². The van der Waals surface area contributed by atoms with Gasteiger partial charge < -0.3 is 4.74 Å². The van der Waals surface area contributed by atoms with E-state index in [-0.39, 0.29) is 0 Å². The van der Waals surface area contributed by atoms with Crippen molar-refractivity contribution in [1.29, 1.82) is 0 Å². The molecule has 1 aromatic rings. The highest BCUT2D eigenvalue weighted by molar-refractivity contribution is 5.92. The van der Waals surface area contributed by atoms with Crippen LogP contribution in [0, 0.1) is 0 Å². The van der Waals surface area contributed by atoms with E-state index in [1.165, 1.54) is 11.3 Å². The molecule has 0 bridgehead atoms. The van der Waals surface area contributed by atoms with E-state index in [1.807, 2.05) is 0 Å². The van der Waals surface area contributed by atoms with Crippen LogP contribution in [0.1, 0.15) is 5.56 Å². The molecular formula is C12H16N3O+. The Morgan fingerprint density at radius 2 is 1.94 bits per heavy atom. The van der Waals surface area contributed by atoms with E-state index in [1.54, 1.807) is 0 Å². The van der Waals surface area contributed by atoms with Gasteiger partial charge in [0.25, 0.3) is 0 Å². The number of morpholine rings is 1. The summed E-state index contributed by atoms with van der Waals surface area (Å²) in [6, 6.07) is 8.40. The SMILES string of the molecule is c1ccc2c(c1)CNC(=[N+]1CCOCC1)N2. The Bertz CT molecular complexity index is 420. The van der Waals surface area contributed by atoms with Crippen molar-refractivity contribution >= 4 is 11.6 Å². The van der Waals surface area contributed by atoms with Crippen molar-refractivity contribution in [2.75, 3.05) is 31.6 Å². The second-order valence-corrected chi connectivity index (χ2v) is 4.08. The first-order chi connectivity index (χ1) is 7.93. The van der Waals surface area contributed by atoms with Crippen molar-refractivity contribution in [2.24, 2.45) is 0 Å². The number of para-hydroxylation sites is 1. The van der Waals surface area contributed by atoms with E-state index in [0.29, 0.717) is 0 Å². The predicted molar refractivity (Wildman–Crippen MR) is 62.7 cm³/mol. The standard InChI is InChI=1S/C12H15N3O/c1-2-4-11-10(3-1)9-13-12(14-11)15-5-7-16-8-6-15/h1-4H,5-9H2,(H,13,14)/p+1. The number of anilines is 1. The molecule has 0 unspecified atom stereocenters. The molecule has 0 saturated carbocycles. The molecule has 4 nitrogen and oxygen atoms in total. The molecule has 2 N–H and O–H groups in total. The van der Waals surface area contributed by atoms with Crippen molar-refractivity contribution in [3.8, 4) is 0 Å². The van der Waals surface area contributed by atoms with Crippen LogP contribution in [0.25, 0.3) is 0 Å². The molecule has 0 aromatic heterocycles. The number of rotatable bonds is 0. The molecule has 2 aliphatic heterocycles. The molecule has 1 saturated heterocycles. The number of nitrogens with one attached hydrogen (secondary N) is 2. The lowest BCUT2D eigenvalue weighted by molar-refractivity contribution is -0.551. The molecule has 0 amide bonds. The Hall–Kier alpha value is -1.55. The van der Waals surface area contributed by atoms with Crippen LogP contribution >= 0.6 is 0 Å². The summed E-state index contributed by atoms with van der Waals surface area (Å²) >= 11 is 0. The monoisotopic (exact) mass is 218 g/mol. The second kappa shape index (κ2) is 4.14. The Morgan fingerprint density at radius 1 is 1.12 bits per heavy atom. The number of hydrogen-bond donors (Lipinski definition) is 2. The topological polar surface area (TPSA) is 36.3 Å². The lowest BCUT2D eigenvalue weighted by Gasteiger charge is -2.22. The smallest absolute Gasteiger partial charge is 0.351 e. The van der Waals surface area contributed by atoms with Crippen molar-refractivity contribution in [2.45, 2.75) is 6.54 Å². The van der Waals surface area contributed by atoms with E-state index in [0.717, 1.165) is 38.8 Å². The van der Waals surface area contributed by atoms with Crippen molar-refractivity contribution < 1.29 is 9.31 Å². The molecule has 3 rings (SSSR count). The molecule has 2 aliphatic rings. The molecule has 84 valence electrons. The summed E-state index contributed by atoms with van der Waals surface area (Å²) in [6.07, 6.45) is 0. The molecule has 0 radical (unpaired) electrons. The first-order valence-electron chi connectivity index (χ1n) is 5.72. The van der Waals surface area contributed by atoms with Gasteiger partial charge in [0.1, 0.15) is 5.69 Å². The van der Waals surface area contributed by atoms with Gasteiger partial charge in [-0.1, -0.05) is 18.2 Å². The summed E-state index contributed by atoms with van der Waals surface area (Å²) in [5.74, 6) is 1.11. The van der Waals surface area contributed by atoms with Gasteiger partial charge in [-0.05, 0) is 6.07 Å². The van der Waals surface area contributed by atoms with Crippen molar-refractivity contribution in [3.63, 3.8) is 0 Å². The molecule has 1 fully saturated rings. The first-order valence-corrected chi connectivity index (χ1v) is 5.72. The normalized spacial score (nSPS) is 19.8. The van der Waals surface area contributed by atoms with Gasteiger partial charge in [0, 0.05) is 5.56 Å². The highest BCUT2D eigenvalue weighted by Gasteiger charge is 2.22. The van der Waals surface area contributed by atoms with Crippen molar-refractivity contribution in [1.82, 2.24) is 5.32 Å². The minimum Gasteiger partial charge on any atom is -0.375 e. The van der Waals surface area contributed by atoms with Gasteiger partial charge in [0.15, 0.2) is 0 Å². The van der Waals surface area contributed by atoms with Gasteiger partial charge in [0.05, 0.1) is 32.8 Å². The fourth-order valence-electron chi connectivity index (χ4n) is 2.12. The van der Waals surface area contributed by atoms with Gasteiger partial charge >= 0.3 is 5.96 Å². The van der Waals surface area contributed by atoms with E-state index in [9.17, 15) is 0 Å². The molecule has 0 aliphatic carbocycles. The maximum Gasteiger partial charge on any atom is 0.351 e. The van der Waals surface area contributed by atoms with Crippen LogP contribution in [0.5, 0.6) is 0 Å². The number of guanidine groups is 1. The third kappa shape index (κ3) is 1.76. The minimum absolute atomic E-state index is 0.814. The Kier molecular flexibility index (Phi) is 2.50. The van der Waals surface area contributed by atoms with E-state index in [4.69, 9.17) is 4.74 Å². The zero-order valence-electron chi connectivity index (χ0n) is 9.20. The molecule has 4 heteroatoms.